The zero-order chi connectivity index (χ0) is 21.1. The van der Waals surface area contributed by atoms with E-state index in [1.807, 2.05) is 43.3 Å². The van der Waals surface area contributed by atoms with E-state index in [0.717, 1.165) is 46.3 Å². The smallest absolute Gasteiger partial charge is 0.225 e. The second kappa shape index (κ2) is 9.06. The predicted molar refractivity (Wildman–Crippen MR) is 124 cm³/mol. The lowest BCUT2D eigenvalue weighted by atomic mass is 10.2. The van der Waals surface area contributed by atoms with Gasteiger partial charge < -0.3 is 25.0 Å². The fourth-order valence-electron chi connectivity index (χ4n) is 3.48. The van der Waals surface area contributed by atoms with Crippen molar-refractivity contribution in [1.29, 1.82) is 0 Å². The number of benzene rings is 2. The van der Waals surface area contributed by atoms with Crippen molar-refractivity contribution in [2.75, 3.05) is 44.5 Å². The molecule has 4 rings (SSSR count). The van der Waals surface area contributed by atoms with Crippen molar-refractivity contribution in [2.45, 2.75) is 19.1 Å². The number of rotatable bonds is 7. The van der Waals surface area contributed by atoms with Gasteiger partial charge in [-0.05, 0) is 36.7 Å². The second-order valence-corrected chi connectivity index (χ2v) is 8.41. The van der Waals surface area contributed by atoms with E-state index in [1.165, 1.54) is 0 Å². The molecule has 0 spiro atoms. The van der Waals surface area contributed by atoms with Gasteiger partial charge in [0.15, 0.2) is 11.5 Å². The lowest BCUT2D eigenvalue weighted by molar-refractivity contribution is 0.213. The topological polar surface area (TPSA) is 71.5 Å². The van der Waals surface area contributed by atoms with Gasteiger partial charge in [-0.3, -0.25) is 0 Å². The Bertz CT molecular complexity index is 1020. The summed E-state index contributed by atoms with van der Waals surface area (Å²) in [7, 11) is 5.61. The maximum absolute atomic E-state index is 6.20. The number of nitrogens with one attached hydrogen (secondary N) is 2. The molecule has 7 nitrogen and oxygen atoms in total. The number of hydrogen-bond donors (Lipinski definition) is 2. The Morgan fingerprint density at radius 3 is 2.63 bits per heavy atom. The minimum atomic E-state index is 0.140. The molecule has 1 aromatic heterocycles. The van der Waals surface area contributed by atoms with Crippen LogP contribution in [-0.4, -0.2) is 50.4 Å². The maximum Gasteiger partial charge on any atom is 0.225 e. The number of methoxy groups -OCH3 is 1. The van der Waals surface area contributed by atoms with E-state index in [1.54, 1.807) is 7.11 Å². The van der Waals surface area contributed by atoms with Crippen LogP contribution in [0.4, 0.5) is 11.8 Å². The summed E-state index contributed by atoms with van der Waals surface area (Å²) >= 11 is 3.47. The van der Waals surface area contributed by atoms with Crippen molar-refractivity contribution in [1.82, 2.24) is 15.3 Å². The third-order valence-corrected chi connectivity index (χ3v) is 5.59. The van der Waals surface area contributed by atoms with Crippen molar-refractivity contribution >= 4 is 38.6 Å². The van der Waals surface area contributed by atoms with Crippen molar-refractivity contribution in [2.24, 2.45) is 0 Å². The molecule has 1 fully saturated rings. The number of hydrogen-bond acceptors (Lipinski definition) is 7. The number of halogens is 1. The van der Waals surface area contributed by atoms with E-state index in [2.05, 4.69) is 38.7 Å². The van der Waals surface area contributed by atoms with Crippen molar-refractivity contribution in [3.63, 3.8) is 0 Å². The maximum atomic E-state index is 6.20. The number of ether oxygens (including phenoxy) is 2. The molecule has 1 aliphatic heterocycles. The molecule has 1 saturated heterocycles. The fraction of sp³-hybridized carbons (Fsp3) is 0.364. The van der Waals surface area contributed by atoms with Crippen LogP contribution in [0.1, 0.15) is 12.0 Å². The van der Waals surface area contributed by atoms with Crippen LogP contribution in [0.5, 0.6) is 11.5 Å². The van der Waals surface area contributed by atoms with Crippen LogP contribution in [-0.2, 0) is 6.54 Å². The van der Waals surface area contributed by atoms with Gasteiger partial charge in [-0.25, -0.2) is 4.98 Å². The molecule has 1 unspecified atom stereocenters. The zero-order valence-electron chi connectivity index (χ0n) is 17.4. The Morgan fingerprint density at radius 1 is 1.17 bits per heavy atom. The quantitative estimate of drug-likeness (QED) is 0.542. The summed E-state index contributed by atoms with van der Waals surface area (Å²) in [6.07, 6.45) is 1.12. The Labute approximate surface area is 184 Å². The highest BCUT2D eigenvalue weighted by atomic mass is 79.9. The van der Waals surface area contributed by atoms with Gasteiger partial charge in [0.2, 0.25) is 5.95 Å². The highest BCUT2D eigenvalue weighted by Gasteiger charge is 2.20. The average molecular weight is 472 g/mol. The van der Waals surface area contributed by atoms with Gasteiger partial charge in [0.1, 0.15) is 11.9 Å². The second-order valence-electron chi connectivity index (χ2n) is 7.50. The highest BCUT2D eigenvalue weighted by Crippen LogP contribution is 2.36. The zero-order valence-corrected chi connectivity index (χ0v) is 19.0. The molecule has 30 heavy (non-hydrogen) atoms. The van der Waals surface area contributed by atoms with Gasteiger partial charge in [-0.15, -0.1) is 0 Å². The molecule has 0 saturated carbocycles. The summed E-state index contributed by atoms with van der Waals surface area (Å²) in [5.41, 5.74) is 1.97. The lowest BCUT2D eigenvalue weighted by Gasteiger charge is -2.19. The first-order valence-corrected chi connectivity index (χ1v) is 10.8. The normalized spacial score (nSPS) is 15.9. The van der Waals surface area contributed by atoms with Crippen LogP contribution in [0.3, 0.4) is 0 Å². The third kappa shape index (κ3) is 4.60. The molecule has 0 amide bonds. The summed E-state index contributed by atoms with van der Waals surface area (Å²) < 4.78 is 12.9. The molecule has 8 heteroatoms. The SMILES string of the molecule is COc1cc2c(N(C)C)nc(NCc3ccc(Br)cc3)nc2cc1OC1CCNC1. The first kappa shape index (κ1) is 20.7. The Hall–Kier alpha value is -2.58. The standard InChI is InChI=1S/C22H26BrN5O2/c1-28(2)21-17-10-19(29-3)20(30-16-8-9-24-13-16)11-18(17)26-22(27-21)25-12-14-4-6-15(23)7-5-14/h4-7,10-11,16,24H,8-9,12-13H2,1-3H3,(H,25,26,27). The van der Waals surface area contributed by atoms with E-state index >= 15 is 0 Å². The average Bonchev–Trinajstić information content (AvgIpc) is 3.25. The minimum absolute atomic E-state index is 0.140. The Morgan fingerprint density at radius 2 is 1.97 bits per heavy atom. The largest absolute Gasteiger partial charge is 0.493 e. The number of fused-ring (bicyclic) bond motifs is 1. The first-order chi connectivity index (χ1) is 14.5. The molecule has 2 heterocycles. The monoisotopic (exact) mass is 471 g/mol. The Balaban J connectivity index is 1.67. The number of aromatic nitrogens is 2. The molecule has 2 N–H and O–H groups in total. The van der Waals surface area contributed by atoms with Crippen molar-refractivity contribution < 1.29 is 9.47 Å². The summed E-state index contributed by atoms with van der Waals surface area (Å²) in [5, 5.41) is 7.59. The van der Waals surface area contributed by atoms with Crippen LogP contribution in [0.25, 0.3) is 10.9 Å². The predicted octanol–water partition coefficient (Wildman–Crippen LogP) is 3.82. The summed E-state index contributed by atoms with van der Waals surface area (Å²) in [6.45, 7) is 2.45. The Kier molecular flexibility index (Phi) is 6.24. The molecular formula is C22H26BrN5O2. The van der Waals surface area contributed by atoms with Gasteiger partial charge in [0.25, 0.3) is 0 Å². The van der Waals surface area contributed by atoms with E-state index in [4.69, 9.17) is 19.4 Å². The molecule has 0 radical (unpaired) electrons. The van der Waals surface area contributed by atoms with E-state index in [9.17, 15) is 0 Å². The van der Waals surface area contributed by atoms with Gasteiger partial charge >= 0.3 is 0 Å². The summed E-state index contributed by atoms with van der Waals surface area (Å²) in [5.74, 6) is 2.80. The lowest BCUT2D eigenvalue weighted by Crippen LogP contribution is -2.20. The van der Waals surface area contributed by atoms with Gasteiger partial charge in [-0.2, -0.15) is 4.98 Å². The summed E-state index contributed by atoms with van der Waals surface area (Å²) in [4.78, 5) is 11.5. The van der Waals surface area contributed by atoms with Crippen LogP contribution >= 0.6 is 15.9 Å². The van der Waals surface area contributed by atoms with Crippen molar-refractivity contribution in [3.05, 3.63) is 46.4 Å². The number of nitrogens with zero attached hydrogens (tertiary/aromatic N) is 3. The van der Waals surface area contributed by atoms with Gasteiger partial charge in [-0.1, -0.05) is 28.1 Å². The molecule has 0 bridgehead atoms. The molecule has 3 aromatic rings. The van der Waals surface area contributed by atoms with Crippen LogP contribution in [0.2, 0.25) is 0 Å². The van der Waals surface area contributed by atoms with Gasteiger partial charge in [0, 0.05) is 43.1 Å². The first-order valence-electron chi connectivity index (χ1n) is 9.96. The molecular weight excluding hydrogens is 446 g/mol. The summed E-state index contributed by atoms with van der Waals surface area (Å²) in [6, 6.07) is 12.1. The molecule has 1 atom stereocenters. The molecule has 1 aliphatic rings. The molecule has 2 aromatic carbocycles. The van der Waals surface area contributed by atoms with Gasteiger partial charge in [0.05, 0.1) is 12.6 Å². The van der Waals surface area contributed by atoms with E-state index in [-0.39, 0.29) is 6.10 Å². The van der Waals surface area contributed by atoms with Crippen LogP contribution in [0, 0.1) is 0 Å². The van der Waals surface area contributed by atoms with Crippen molar-refractivity contribution in [3.8, 4) is 11.5 Å². The molecule has 158 valence electrons. The molecule has 0 aliphatic carbocycles. The minimum Gasteiger partial charge on any atom is -0.493 e. The van der Waals surface area contributed by atoms with E-state index < -0.39 is 0 Å². The van der Waals surface area contributed by atoms with E-state index in [0.29, 0.717) is 24.0 Å². The highest BCUT2D eigenvalue weighted by molar-refractivity contribution is 9.10. The fourth-order valence-corrected chi connectivity index (χ4v) is 3.75. The van der Waals surface area contributed by atoms with Crippen LogP contribution < -0.4 is 25.0 Å². The van der Waals surface area contributed by atoms with Crippen LogP contribution in [0.15, 0.2) is 40.9 Å². The third-order valence-electron chi connectivity index (χ3n) is 5.06. The number of anilines is 2.